The van der Waals surface area contributed by atoms with Gasteiger partial charge in [-0.2, -0.15) is 0 Å². The summed E-state index contributed by atoms with van der Waals surface area (Å²) in [6.07, 6.45) is 0.928. The molecule has 100 valence electrons. The molecule has 2 bridgehead atoms. The van der Waals surface area contributed by atoms with E-state index >= 15 is 0 Å². The highest BCUT2D eigenvalue weighted by Gasteiger charge is 2.38. The SMILES string of the molecule is O=C(c1cccc2c1OCC2)C1CN2CCN1CC2. The number of piperazine rings is 3. The van der Waals surface area contributed by atoms with Gasteiger partial charge in [0.25, 0.3) is 0 Å². The molecule has 0 aromatic heterocycles. The molecule has 1 aromatic carbocycles. The summed E-state index contributed by atoms with van der Waals surface area (Å²) in [6, 6.07) is 6.00. The number of carbonyl (C=O) groups is 1. The molecule has 0 spiro atoms. The van der Waals surface area contributed by atoms with Crippen molar-refractivity contribution >= 4 is 5.78 Å². The highest BCUT2D eigenvalue weighted by atomic mass is 16.5. The number of fused-ring (bicyclic) bond motifs is 4. The third-order valence-corrected chi connectivity index (χ3v) is 4.56. The minimum atomic E-state index is 0.0261. The van der Waals surface area contributed by atoms with Crippen molar-refractivity contribution in [3.05, 3.63) is 29.3 Å². The van der Waals surface area contributed by atoms with Crippen molar-refractivity contribution in [1.29, 1.82) is 0 Å². The Balaban J connectivity index is 1.66. The summed E-state index contributed by atoms with van der Waals surface area (Å²) in [6.45, 7) is 5.83. The Hall–Kier alpha value is -1.39. The Morgan fingerprint density at radius 2 is 2.05 bits per heavy atom. The molecule has 1 atom stereocenters. The number of ketones is 1. The summed E-state index contributed by atoms with van der Waals surface area (Å²) in [5.41, 5.74) is 1.97. The second-order valence-corrected chi connectivity index (χ2v) is 5.61. The van der Waals surface area contributed by atoms with Crippen LogP contribution in [0.3, 0.4) is 0 Å². The summed E-state index contributed by atoms with van der Waals surface area (Å²) < 4.78 is 5.67. The average molecular weight is 258 g/mol. The van der Waals surface area contributed by atoms with E-state index in [-0.39, 0.29) is 11.8 Å². The van der Waals surface area contributed by atoms with Crippen molar-refractivity contribution in [2.45, 2.75) is 12.5 Å². The first-order valence-electron chi connectivity index (χ1n) is 7.08. The van der Waals surface area contributed by atoms with Gasteiger partial charge in [-0.3, -0.25) is 14.6 Å². The van der Waals surface area contributed by atoms with Crippen LogP contribution in [0.5, 0.6) is 5.75 Å². The van der Waals surface area contributed by atoms with Crippen LogP contribution < -0.4 is 4.74 Å². The molecule has 0 saturated carbocycles. The predicted molar refractivity (Wildman–Crippen MR) is 71.8 cm³/mol. The zero-order valence-corrected chi connectivity index (χ0v) is 11.0. The van der Waals surface area contributed by atoms with Gasteiger partial charge < -0.3 is 4.74 Å². The van der Waals surface area contributed by atoms with Gasteiger partial charge in [-0.1, -0.05) is 12.1 Å². The number of nitrogens with zero attached hydrogens (tertiary/aromatic N) is 2. The maximum Gasteiger partial charge on any atom is 0.184 e. The van der Waals surface area contributed by atoms with E-state index in [4.69, 9.17) is 4.74 Å². The van der Waals surface area contributed by atoms with E-state index < -0.39 is 0 Å². The van der Waals surface area contributed by atoms with Crippen LogP contribution in [0.15, 0.2) is 18.2 Å². The Kier molecular flexibility index (Phi) is 2.60. The Bertz CT molecular complexity index is 521. The van der Waals surface area contributed by atoms with Crippen molar-refractivity contribution in [3.63, 3.8) is 0 Å². The summed E-state index contributed by atoms with van der Waals surface area (Å²) >= 11 is 0. The topological polar surface area (TPSA) is 32.8 Å². The molecule has 0 N–H and O–H groups in total. The molecular formula is C15H18N2O2. The minimum absolute atomic E-state index is 0.0261. The molecule has 4 heterocycles. The van der Waals surface area contributed by atoms with Gasteiger partial charge in [-0.15, -0.1) is 0 Å². The van der Waals surface area contributed by atoms with Gasteiger partial charge in [-0.25, -0.2) is 0 Å². The average Bonchev–Trinajstić information content (AvgIpc) is 2.96. The van der Waals surface area contributed by atoms with Crippen LogP contribution in [0.2, 0.25) is 0 Å². The van der Waals surface area contributed by atoms with Crippen LogP contribution in [0.4, 0.5) is 0 Å². The highest BCUT2D eigenvalue weighted by Crippen LogP contribution is 2.31. The molecule has 0 amide bonds. The van der Waals surface area contributed by atoms with Crippen molar-refractivity contribution in [3.8, 4) is 5.75 Å². The molecule has 4 heteroatoms. The van der Waals surface area contributed by atoms with Gasteiger partial charge in [0.1, 0.15) is 5.75 Å². The van der Waals surface area contributed by atoms with E-state index in [0.717, 1.165) is 50.5 Å². The lowest BCUT2D eigenvalue weighted by Crippen LogP contribution is -2.63. The van der Waals surface area contributed by atoms with Crippen LogP contribution in [0.25, 0.3) is 0 Å². The van der Waals surface area contributed by atoms with Gasteiger partial charge in [0, 0.05) is 39.1 Å². The van der Waals surface area contributed by atoms with E-state index in [1.807, 2.05) is 12.1 Å². The standard InChI is InChI=1S/C15H18N2O2/c18-14(13-10-16-5-7-17(13)8-6-16)12-3-1-2-11-4-9-19-15(11)12/h1-3,13H,4-10H2. The Morgan fingerprint density at radius 3 is 2.79 bits per heavy atom. The molecule has 0 radical (unpaired) electrons. The van der Waals surface area contributed by atoms with Crippen molar-refractivity contribution in [1.82, 2.24) is 9.80 Å². The molecule has 4 aliphatic rings. The molecule has 4 aliphatic heterocycles. The first kappa shape index (κ1) is 11.4. The fourth-order valence-corrected chi connectivity index (χ4v) is 3.46. The summed E-state index contributed by atoms with van der Waals surface area (Å²) in [4.78, 5) is 17.5. The van der Waals surface area contributed by atoms with E-state index in [0.29, 0.717) is 6.61 Å². The van der Waals surface area contributed by atoms with Crippen LogP contribution in [0.1, 0.15) is 15.9 Å². The maximum atomic E-state index is 12.8. The molecular weight excluding hydrogens is 240 g/mol. The van der Waals surface area contributed by atoms with E-state index in [9.17, 15) is 4.79 Å². The molecule has 3 saturated heterocycles. The number of rotatable bonds is 2. The summed E-state index contributed by atoms with van der Waals surface area (Å²) in [5, 5.41) is 0. The third kappa shape index (κ3) is 1.78. The number of hydrogen-bond acceptors (Lipinski definition) is 4. The lowest BCUT2D eigenvalue weighted by molar-refractivity contribution is 0.0158. The van der Waals surface area contributed by atoms with Crippen LogP contribution in [-0.2, 0) is 6.42 Å². The Morgan fingerprint density at radius 1 is 1.21 bits per heavy atom. The highest BCUT2D eigenvalue weighted by molar-refractivity contribution is 6.03. The van der Waals surface area contributed by atoms with Crippen molar-refractivity contribution in [2.24, 2.45) is 0 Å². The smallest absolute Gasteiger partial charge is 0.184 e. The largest absolute Gasteiger partial charge is 0.492 e. The molecule has 3 fully saturated rings. The van der Waals surface area contributed by atoms with E-state index in [1.165, 1.54) is 5.56 Å². The molecule has 1 aromatic rings. The Labute approximate surface area is 112 Å². The van der Waals surface area contributed by atoms with Gasteiger partial charge in [0.15, 0.2) is 5.78 Å². The zero-order chi connectivity index (χ0) is 12.8. The number of hydrogen-bond donors (Lipinski definition) is 0. The quantitative estimate of drug-likeness (QED) is 0.735. The molecule has 5 rings (SSSR count). The molecule has 0 aliphatic carbocycles. The second kappa shape index (κ2) is 4.32. The second-order valence-electron chi connectivity index (χ2n) is 5.61. The van der Waals surface area contributed by atoms with Gasteiger partial charge in [-0.05, 0) is 11.6 Å². The number of Topliss-reactive ketones (excluding diaryl/α,β-unsaturated/α-hetero) is 1. The number of para-hydroxylation sites is 1. The van der Waals surface area contributed by atoms with Gasteiger partial charge in [0.05, 0.1) is 18.2 Å². The van der Waals surface area contributed by atoms with E-state index in [2.05, 4.69) is 15.9 Å². The van der Waals surface area contributed by atoms with Crippen LogP contribution in [0, 0.1) is 0 Å². The fraction of sp³-hybridized carbons (Fsp3) is 0.533. The normalized spacial score (nSPS) is 31.9. The summed E-state index contributed by atoms with van der Waals surface area (Å²) in [5.74, 6) is 1.08. The first-order chi connectivity index (χ1) is 9.33. The first-order valence-corrected chi connectivity index (χ1v) is 7.08. The van der Waals surface area contributed by atoms with Crippen LogP contribution in [-0.4, -0.2) is 61.0 Å². The van der Waals surface area contributed by atoms with Crippen LogP contribution >= 0.6 is 0 Å². The van der Waals surface area contributed by atoms with Gasteiger partial charge in [0.2, 0.25) is 0 Å². The monoisotopic (exact) mass is 258 g/mol. The molecule has 19 heavy (non-hydrogen) atoms. The predicted octanol–water partition coefficient (Wildman–Crippen LogP) is 0.804. The van der Waals surface area contributed by atoms with Crippen molar-refractivity contribution in [2.75, 3.05) is 39.3 Å². The van der Waals surface area contributed by atoms with Gasteiger partial charge >= 0.3 is 0 Å². The molecule has 1 unspecified atom stereocenters. The fourth-order valence-electron chi connectivity index (χ4n) is 3.46. The van der Waals surface area contributed by atoms with E-state index in [1.54, 1.807) is 0 Å². The third-order valence-electron chi connectivity index (χ3n) is 4.56. The maximum absolute atomic E-state index is 12.8. The minimum Gasteiger partial charge on any atom is -0.492 e. The number of benzene rings is 1. The number of ether oxygens (including phenoxy) is 1. The summed E-state index contributed by atoms with van der Waals surface area (Å²) in [7, 11) is 0. The molecule has 4 nitrogen and oxygen atoms in total. The zero-order valence-electron chi connectivity index (χ0n) is 11.0. The number of carbonyl (C=O) groups excluding carboxylic acids is 1. The lowest BCUT2D eigenvalue weighted by Gasteiger charge is -2.46. The van der Waals surface area contributed by atoms with Crippen molar-refractivity contribution < 1.29 is 9.53 Å². The lowest BCUT2D eigenvalue weighted by atomic mass is 9.96.